The highest BCUT2D eigenvalue weighted by Gasteiger charge is 2.02. The number of hydrogen-bond acceptors (Lipinski definition) is 3. The summed E-state index contributed by atoms with van der Waals surface area (Å²) in [6.07, 6.45) is -0.599. The Kier molecular flexibility index (Phi) is 1.40. The second-order valence-corrected chi connectivity index (χ2v) is 1.86. The first-order valence-electron chi connectivity index (χ1n) is 2.62. The van der Waals surface area contributed by atoms with Crippen LogP contribution in [0.2, 0.25) is 0 Å². The fraction of sp³-hybridized carbons (Fsp3) is 0.400. The van der Waals surface area contributed by atoms with Gasteiger partial charge in [0.1, 0.15) is 0 Å². The number of aromatic nitrogens is 2. The van der Waals surface area contributed by atoms with E-state index in [0.29, 0.717) is 5.69 Å². The molecule has 0 radical (unpaired) electrons. The van der Waals surface area contributed by atoms with E-state index in [9.17, 15) is 0 Å². The van der Waals surface area contributed by atoms with Crippen molar-refractivity contribution in [2.45, 2.75) is 13.0 Å². The van der Waals surface area contributed by atoms with Gasteiger partial charge in [0.15, 0.2) is 0 Å². The molecule has 50 valence electrons. The first-order valence-corrected chi connectivity index (χ1v) is 2.62. The third-order valence-electron chi connectivity index (χ3n) is 1.03. The number of aromatic amines is 1. The first-order chi connectivity index (χ1) is 4.20. The fourth-order valence-electron chi connectivity index (χ4n) is 0.539. The molecule has 9 heavy (non-hydrogen) atoms. The molecule has 1 rings (SSSR count). The van der Waals surface area contributed by atoms with Crippen molar-refractivity contribution in [1.29, 1.82) is 0 Å². The zero-order chi connectivity index (χ0) is 6.85. The molecule has 4 nitrogen and oxygen atoms in total. The van der Waals surface area contributed by atoms with E-state index in [2.05, 4.69) is 10.2 Å². The molecular formula is C5H8N2O2. The molecule has 0 amide bonds. The zero-order valence-corrected chi connectivity index (χ0v) is 5.00. The summed E-state index contributed by atoms with van der Waals surface area (Å²) >= 11 is 0. The average molecular weight is 128 g/mol. The molecule has 1 heterocycles. The maximum atomic E-state index is 8.85. The van der Waals surface area contributed by atoms with Gasteiger partial charge in [0.2, 0.25) is 5.88 Å². The molecule has 0 saturated carbocycles. The van der Waals surface area contributed by atoms with E-state index in [-0.39, 0.29) is 5.88 Å². The van der Waals surface area contributed by atoms with Gasteiger partial charge in [-0.3, -0.25) is 5.10 Å². The largest absolute Gasteiger partial charge is 0.492 e. The SMILES string of the molecule is CC(O)c1cc(O)n[nH]1. The topological polar surface area (TPSA) is 69.1 Å². The molecule has 0 aliphatic heterocycles. The van der Waals surface area contributed by atoms with Crippen LogP contribution >= 0.6 is 0 Å². The Balaban J connectivity index is 2.85. The van der Waals surface area contributed by atoms with Crippen molar-refractivity contribution in [2.24, 2.45) is 0 Å². The summed E-state index contributed by atoms with van der Waals surface area (Å²) in [6.45, 7) is 1.59. The highest BCUT2D eigenvalue weighted by atomic mass is 16.3. The molecule has 0 fully saturated rings. The molecule has 0 aliphatic rings. The Morgan fingerprint density at radius 2 is 2.44 bits per heavy atom. The number of nitrogens with zero attached hydrogens (tertiary/aromatic N) is 1. The minimum atomic E-state index is -0.599. The summed E-state index contributed by atoms with van der Waals surface area (Å²) in [5.41, 5.74) is 0.521. The summed E-state index contributed by atoms with van der Waals surface area (Å²) < 4.78 is 0. The molecule has 1 aromatic heterocycles. The second-order valence-electron chi connectivity index (χ2n) is 1.86. The number of aliphatic hydroxyl groups is 1. The standard InChI is InChI=1S/C5H8N2O2/c1-3(8)4-2-5(9)7-6-4/h2-3,8H,1H3,(H2,6,7,9). The molecule has 0 aromatic carbocycles. The predicted octanol–water partition coefficient (Wildman–Crippen LogP) is 0.169. The van der Waals surface area contributed by atoms with Crippen LogP contribution in [-0.4, -0.2) is 20.4 Å². The minimum Gasteiger partial charge on any atom is -0.492 e. The molecule has 1 atom stereocenters. The van der Waals surface area contributed by atoms with Gasteiger partial charge in [-0.2, -0.15) is 0 Å². The van der Waals surface area contributed by atoms with Crippen LogP contribution in [0, 0.1) is 0 Å². The van der Waals surface area contributed by atoms with Gasteiger partial charge in [-0.15, -0.1) is 5.10 Å². The molecule has 0 bridgehead atoms. The molecule has 1 aromatic rings. The van der Waals surface area contributed by atoms with Crippen LogP contribution in [-0.2, 0) is 0 Å². The summed E-state index contributed by atoms with van der Waals surface area (Å²) in [5.74, 6) is -0.0918. The Labute approximate surface area is 52.1 Å². The summed E-state index contributed by atoms with van der Waals surface area (Å²) in [4.78, 5) is 0. The quantitative estimate of drug-likeness (QED) is 0.505. The number of aliphatic hydroxyl groups excluding tert-OH is 1. The monoisotopic (exact) mass is 128 g/mol. The van der Waals surface area contributed by atoms with Crippen molar-refractivity contribution in [3.8, 4) is 5.88 Å². The Morgan fingerprint density at radius 1 is 1.78 bits per heavy atom. The maximum absolute atomic E-state index is 8.85. The van der Waals surface area contributed by atoms with Crippen molar-refractivity contribution in [1.82, 2.24) is 10.2 Å². The van der Waals surface area contributed by atoms with Crippen LogP contribution in [0.4, 0.5) is 0 Å². The number of rotatable bonds is 1. The van der Waals surface area contributed by atoms with Gasteiger partial charge in [-0.1, -0.05) is 0 Å². The van der Waals surface area contributed by atoms with Gasteiger partial charge < -0.3 is 10.2 Å². The van der Waals surface area contributed by atoms with Crippen LogP contribution in [0.5, 0.6) is 5.88 Å². The van der Waals surface area contributed by atoms with Gasteiger partial charge in [0.05, 0.1) is 11.8 Å². The van der Waals surface area contributed by atoms with Gasteiger partial charge in [0, 0.05) is 6.07 Å². The van der Waals surface area contributed by atoms with E-state index < -0.39 is 6.10 Å². The van der Waals surface area contributed by atoms with Crippen LogP contribution in [0.3, 0.4) is 0 Å². The van der Waals surface area contributed by atoms with Crippen molar-refractivity contribution >= 4 is 0 Å². The Hall–Kier alpha value is -1.03. The van der Waals surface area contributed by atoms with Crippen molar-refractivity contribution in [3.05, 3.63) is 11.8 Å². The fourth-order valence-corrected chi connectivity index (χ4v) is 0.539. The lowest BCUT2D eigenvalue weighted by Crippen LogP contribution is -1.89. The third kappa shape index (κ3) is 1.20. The lowest BCUT2D eigenvalue weighted by molar-refractivity contribution is 0.194. The second kappa shape index (κ2) is 2.06. The number of hydrogen-bond donors (Lipinski definition) is 3. The summed E-state index contributed by atoms with van der Waals surface area (Å²) in [6, 6.07) is 1.38. The molecule has 0 spiro atoms. The first kappa shape index (κ1) is 6.10. The van der Waals surface area contributed by atoms with Crippen LogP contribution < -0.4 is 0 Å². The van der Waals surface area contributed by atoms with Gasteiger partial charge in [0.25, 0.3) is 0 Å². The number of aromatic hydroxyl groups is 1. The molecule has 0 aliphatic carbocycles. The highest BCUT2D eigenvalue weighted by Crippen LogP contribution is 2.12. The molecular weight excluding hydrogens is 120 g/mol. The minimum absolute atomic E-state index is 0.0918. The van der Waals surface area contributed by atoms with Crippen LogP contribution in [0.25, 0.3) is 0 Å². The highest BCUT2D eigenvalue weighted by molar-refractivity contribution is 5.13. The van der Waals surface area contributed by atoms with Crippen molar-refractivity contribution in [3.63, 3.8) is 0 Å². The molecule has 3 N–H and O–H groups in total. The molecule has 1 unspecified atom stereocenters. The summed E-state index contributed by atoms with van der Waals surface area (Å²) in [7, 11) is 0. The van der Waals surface area contributed by atoms with E-state index in [1.165, 1.54) is 6.07 Å². The maximum Gasteiger partial charge on any atom is 0.230 e. The Morgan fingerprint density at radius 3 is 2.67 bits per heavy atom. The smallest absolute Gasteiger partial charge is 0.230 e. The summed E-state index contributed by atoms with van der Waals surface area (Å²) in [5, 5.41) is 23.4. The van der Waals surface area contributed by atoms with Gasteiger partial charge in [-0.05, 0) is 6.92 Å². The van der Waals surface area contributed by atoms with E-state index in [1.807, 2.05) is 0 Å². The normalized spacial score (nSPS) is 13.6. The van der Waals surface area contributed by atoms with Crippen molar-refractivity contribution < 1.29 is 10.2 Å². The zero-order valence-electron chi connectivity index (χ0n) is 5.00. The van der Waals surface area contributed by atoms with Crippen molar-refractivity contribution in [2.75, 3.05) is 0 Å². The van der Waals surface area contributed by atoms with Crippen LogP contribution in [0.1, 0.15) is 18.7 Å². The van der Waals surface area contributed by atoms with Gasteiger partial charge in [-0.25, -0.2) is 0 Å². The van der Waals surface area contributed by atoms with E-state index in [0.717, 1.165) is 0 Å². The number of H-pyrrole nitrogens is 1. The average Bonchev–Trinajstić information content (AvgIpc) is 2.14. The predicted molar refractivity (Wildman–Crippen MR) is 30.9 cm³/mol. The molecule has 0 saturated heterocycles. The number of nitrogens with one attached hydrogen (secondary N) is 1. The lowest BCUT2D eigenvalue weighted by atomic mass is 10.3. The van der Waals surface area contributed by atoms with E-state index >= 15 is 0 Å². The Bertz CT molecular complexity index is 195. The molecule has 4 heteroatoms. The van der Waals surface area contributed by atoms with Gasteiger partial charge >= 0.3 is 0 Å². The van der Waals surface area contributed by atoms with Crippen LogP contribution in [0.15, 0.2) is 6.07 Å². The lowest BCUT2D eigenvalue weighted by Gasteiger charge is -1.94. The third-order valence-corrected chi connectivity index (χ3v) is 1.03. The van der Waals surface area contributed by atoms with E-state index in [1.54, 1.807) is 6.92 Å². The van der Waals surface area contributed by atoms with E-state index in [4.69, 9.17) is 10.2 Å².